The lowest BCUT2D eigenvalue weighted by Gasteiger charge is -2.32. The van der Waals surface area contributed by atoms with Crippen LogP contribution in [-0.2, 0) is 27.3 Å². The second-order valence-corrected chi connectivity index (χ2v) is 9.78. The zero-order chi connectivity index (χ0) is 25.1. The molecular weight excluding hydrogens is 450 g/mol. The van der Waals surface area contributed by atoms with Crippen molar-refractivity contribution in [2.45, 2.75) is 38.8 Å². The number of allylic oxidation sites excluding steroid dienone is 1. The van der Waals surface area contributed by atoms with E-state index in [9.17, 15) is 9.59 Å². The summed E-state index contributed by atoms with van der Waals surface area (Å²) in [4.78, 5) is 28.9. The maximum absolute atomic E-state index is 12.7. The topological polar surface area (TPSA) is 61.9 Å². The Morgan fingerprint density at radius 1 is 1.08 bits per heavy atom. The predicted molar refractivity (Wildman–Crippen MR) is 143 cm³/mol. The number of carbonyl (C=O) groups is 2. The van der Waals surface area contributed by atoms with Crippen LogP contribution >= 0.6 is 0 Å². The Hall–Kier alpha value is -3.48. The molecule has 0 aliphatic carbocycles. The molecule has 2 aliphatic rings. The molecule has 186 valence electrons. The van der Waals surface area contributed by atoms with Gasteiger partial charge in [-0.25, -0.2) is 0 Å². The Bertz CT molecular complexity index is 1280. The van der Waals surface area contributed by atoms with Crippen LogP contribution in [0.25, 0.3) is 10.8 Å². The van der Waals surface area contributed by atoms with Gasteiger partial charge in [0.2, 0.25) is 12.3 Å². The third-order valence-corrected chi connectivity index (χ3v) is 7.29. The number of piperidine rings is 1. The Kier molecular flexibility index (Phi) is 7.16. The van der Waals surface area contributed by atoms with Crippen molar-refractivity contribution < 1.29 is 14.3 Å². The SMILES string of the molecule is C=C1CCC(N(C=O)c2ccc(Cc3ccc(CN4CCOCC4)cc3)c3cccc(C)c23)C(=O)N1. The Morgan fingerprint density at radius 2 is 1.83 bits per heavy atom. The van der Waals surface area contributed by atoms with Crippen LogP contribution in [0.5, 0.6) is 0 Å². The van der Waals surface area contributed by atoms with Gasteiger partial charge in [0, 0.05) is 30.7 Å². The van der Waals surface area contributed by atoms with Crippen molar-refractivity contribution in [3.05, 3.63) is 89.1 Å². The van der Waals surface area contributed by atoms with Crippen LogP contribution in [0.2, 0.25) is 0 Å². The second kappa shape index (κ2) is 10.6. The van der Waals surface area contributed by atoms with Crippen molar-refractivity contribution in [3.63, 3.8) is 0 Å². The highest BCUT2D eigenvalue weighted by molar-refractivity contribution is 6.05. The zero-order valence-corrected chi connectivity index (χ0v) is 20.8. The van der Waals surface area contributed by atoms with E-state index in [0.717, 1.165) is 67.7 Å². The summed E-state index contributed by atoms with van der Waals surface area (Å²) in [6, 6.07) is 18.6. The Morgan fingerprint density at radius 3 is 2.56 bits per heavy atom. The zero-order valence-electron chi connectivity index (χ0n) is 20.8. The molecule has 3 aromatic carbocycles. The molecule has 1 unspecified atom stereocenters. The molecule has 0 bridgehead atoms. The summed E-state index contributed by atoms with van der Waals surface area (Å²) in [5, 5.41) is 4.93. The minimum absolute atomic E-state index is 0.179. The summed E-state index contributed by atoms with van der Waals surface area (Å²) in [5.74, 6) is -0.179. The molecule has 5 rings (SSSR count). The van der Waals surface area contributed by atoms with Crippen LogP contribution in [-0.4, -0.2) is 49.6 Å². The number of aryl methyl sites for hydroxylation is 1. The Labute approximate surface area is 212 Å². The van der Waals surface area contributed by atoms with Crippen molar-refractivity contribution in [2.24, 2.45) is 0 Å². The molecule has 1 N–H and O–H groups in total. The minimum Gasteiger partial charge on any atom is -0.379 e. The lowest BCUT2D eigenvalue weighted by Crippen LogP contribution is -2.49. The molecule has 2 heterocycles. The van der Waals surface area contributed by atoms with Crippen LogP contribution in [0.3, 0.4) is 0 Å². The molecule has 0 spiro atoms. The van der Waals surface area contributed by atoms with Gasteiger partial charge in [0.25, 0.3) is 0 Å². The fourth-order valence-electron chi connectivity index (χ4n) is 5.32. The first-order chi connectivity index (χ1) is 17.5. The van der Waals surface area contributed by atoms with E-state index in [1.165, 1.54) is 16.7 Å². The molecule has 1 atom stereocenters. The summed E-state index contributed by atoms with van der Waals surface area (Å²) in [7, 11) is 0. The van der Waals surface area contributed by atoms with Gasteiger partial charge in [-0.05, 0) is 59.9 Å². The maximum Gasteiger partial charge on any atom is 0.247 e. The lowest BCUT2D eigenvalue weighted by atomic mass is 9.93. The van der Waals surface area contributed by atoms with Gasteiger partial charge >= 0.3 is 0 Å². The molecule has 2 saturated heterocycles. The standard InChI is InChI=1S/C30H33N3O3/c1-21-4-3-5-26-25(18-23-7-9-24(10-8-23)19-32-14-16-36-17-15-32)11-13-27(29(21)26)33(20-34)28-12-6-22(2)31-30(28)35/h3-5,7-11,13,20,28H,2,6,12,14-19H2,1H3,(H,31,35). The normalized spacial score (nSPS) is 18.8. The summed E-state index contributed by atoms with van der Waals surface area (Å²) in [6.07, 6.45) is 2.81. The van der Waals surface area contributed by atoms with Crippen molar-refractivity contribution in [1.82, 2.24) is 10.2 Å². The van der Waals surface area contributed by atoms with Gasteiger partial charge < -0.3 is 15.0 Å². The first-order valence-electron chi connectivity index (χ1n) is 12.6. The fraction of sp³-hybridized carbons (Fsp3) is 0.333. The second-order valence-electron chi connectivity index (χ2n) is 9.78. The first kappa shape index (κ1) is 24.2. The molecule has 2 amide bonds. The summed E-state index contributed by atoms with van der Waals surface area (Å²) >= 11 is 0. The number of benzene rings is 3. The molecule has 2 fully saturated rings. The average molecular weight is 484 g/mol. The van der Waals surface area contributed by atoms with E-state index < -0.39 is 6.04 Å². The van der Waals surface area contributed by atoms with E-state index in [-0.39, 0.29) is 5.91 Å². The van der Waals surface area contributed by atoms with E-state index in [2.05, 4.69) is 72.3 Å². The molecule has 6 heteroatoms. The number of fused-ring (bicyclic) bond motifs is 1. The van der Waals surface area contributed by atoms with Crippen LogP contribution in [0.15, 0.2) is 66.9 Å². The van der Waals surface area contributed by atoms with Crippen molar-refractivity contribution in [3.8, 4) is 0 Å². The number of nitrogens with zero attached hydrogens (tertiary/aromatic N) is 2. The lowest BCUT2D eigenvalue weighted by molar-refractivity contribution is -0.124. The maximum atomic E-state index is 12.7. The third-order valence-electron chi connectivity index (χ3n) is 7.29. The highest BCUT2D eigenvalue weighted by atomic mass is 16.5. The first-order valence-corrected chi connectivity index (χ1v) is 12.6. The monoisotopic (exact) mass is 483 g/mol. The van der Waals surface area contributed by atoms with Crippen LogP contribution < -0.4 is 10.2 Å². The van der Waals surface area contributed by atoms with E-state index >= 15 is 0 Å². The van der Waals surface area contributed by atoms with Gasteiger partial charge in [0.05, 0.1) is 18.9 Å². The average Bonchev–Trinajstić information content (AvgIpc) is 2.88. The van der Waals surface area contributed by atoms with Crippen LogP contribution in [0.4, 0.5) is 5.69 Å². The van der Waals surface area contributed by atoms with Crippen molar-refractivity contribution >= 4 is 28.8 Å². The van der Waals surface area contributed by atoms with Crippen LogP contribution in [0, 0.1) is 6.92 Å². The van der Waals surface area contributed by atoms with Gasteiger partial charge in [-0.15, -0.1) is 0 Å². The molecule has 0 saturated carbocycles. The Balaban J connectivity index is 1.42. The molecule has 3 aromatic rings. The highest BCUT2D eigenvalue weighted by Crippen LogP contribution is 2.35. The highest BCUT2D eigenvalue weighted by Gasteiger charge is 2.31. The number of hydrogen-bond acceptors (Lipinski definition) is 4. The number of nitrogens with one attached hydrogen (secondary N) is 1. The van der Waals surface area contributed by atoms with Crippen molar-refractivity contribution in [1.29, 1.82) is 0 Å². The van der Waals surface area contributed by atoms with Gasteiger partial charge in [-0.1, -0.05) is 55.1 Å². The van der Waals surface area contributed by atoms with Gasteiger partial charge in [0.1, 0.15) is 6.04 Å². The summed E-state index contributed by atoms with van der Waals surface area (Å²) < 4.78 is 5.45. The van der Waals surface area contributed by atoms with E-state index in [1.54, 1.807) is 4.90 Å². The van der Waals surface area contributed by atoms with E-state index in [0.29, 0.717) is 18.5 Å². The summed E-state index contributed by atoms with van der Waals surface area (Å²) in [5.41, 5.74) is 6.31. The number of anilines is 1. The quantitative estimate of drug-likeness (QED) is 0.509. The molecule has 2 aliphatic heterocycles. The number of rotatable bonds is 7. The molecular formula is C30H33N3O3. The third kappa shape index (κ3) is 5.06. The molecule has 36 heavy (non-hydrogen) atoms. The van der Waals surface area contributed by atoms with Crippen LogP contribution in [0.1, 0.15) is 35.1 Å². The van der Waals surface area contributed by atoms with E-state index in [1.807, 2.05) is 6.07 Å². The molecule has 6 nitrogen and oxygen atoms in total. The number of carbonyl (C=O) groups excluding carboxylic acids is 2. The number of morpholine rings is 1. The predicted octanol–water partition coefficient (Wildman–Crippen LogP) is 4.33. The number of amides is 2. The van der Waals surface area contributed by atoms with Gasteiger partial charge in [-0.2, -0.15) is 0 Å². The van der Waals surface area contributed by atoms with E-state index in [4.69, 9.17) is 4.74 Å². The van der Waals surface area contributed by atoms with Gasteiger partial charge in [-0.3, -0.25) is 14.5 Å². The smallest absolute Gasteiger partial charge is 0.247 e. The molecule has 0 aromatic heterocycles. The molecule has 0 radical (unpaired) electrons. The minimum atomic E-state index is -0.541. The summed E-state index contributed by atoms with van der Waals surface area (Å²) in [6.45, 7) is 10.4. The van der Waals surface area contributed by atoms with Crippen molar-refractivity contribution in [2.75, 3.05) is 31.2 Å². The fourth-order valence-corrected chi connectivity index (χ4v) is 5.32. The van der Waals surface area contributed by atoms with Gasteiger partial charge in [0.15, 0.2) is 0 Å². The number of hydrogen-bond donors (Lipinski definition) is 1. The largest absolute Gasteiger partial charge is 0.379 e. The number of ether oxygens (including phenoxy) is 1.